The van der Waals surface area contributed by atoms with Crippen LogP contribution in [0.3, 0.4) is 0 Å². The fraction of sp³-hybridized carbons (Fsp3) is 0.588. The van der Waals surface area contributed by atoms with E-state index in [0.29, 0.717) is 24.8 Å². The summed E-state index contributed by atoms with van der Waals surface area (Å²) in [5, 5.41) is 3.05. The van der Waals surface area contributed by atoms with Crippen molar-refractivity contribution in [1.29, 1.82) is 0 Å². The number of pyridine rings is 1. The van der Waals surface area contributed by atoms with Crippen LogP contribution in [-0.2, 0) is 4.79 Å². The summed E-state index contributed by atoms with van der Waals surface area (Å²) in [7, 11) is 3.45. The number of carbonyl (C=O) groups excluding carboxylic acids is 2. The largest absolute Gasteiger partial charge is 0.340 e. The van der Waals surface area contributed by atoms with Crippen LogP contribution in [0.4, 0.5) is 4.79 Å². The summed E-state index contributed by atoms with van der Waals surface area (Å²) < 4.78 is 0. The molecule has 2 heterocycles. The van der Waals surface area contributed by atoms with Gasteiger partial charge >= 0.3 is 6.03 Å². The molecule has 1 aliphatic heterocycles. The quantitative estimate of drug-likeness (QED) is 0.824. The van der Waals surface area contributed by atoms with Crippen LogP contribution in [0.5, 0.6) is 0 Å². The molecule has 1 aromatic heterocycles. The molecule has 1 saturated heterocycles. The number of hydrogen-bond donors (Lipinski definition) is 1. The molecule has 6 nitrogen and oxygen atoms in total. The van der Waals surface area contributed by atoms with Crippen LogP contribution >= 0.6 is 11.8 Å². The van der Waals surface area contributed by atoms with Gasteiger partial charge in [0.2, 0.25) is 5.91 Å². The molecule has 24 heavy (non-hydrogen) atoms. The number of nitrogens with zero attached hydrogens (tertiary/aromatic N) is 3. The molecule has 1 fully saturated rings. The molecule has 7 heteroatoms. The summed E-state index contributed by atoms with van der Waals surface area (Å²) in [4.78, 5) is 32.9. The molecule has 2 rings (SSSR count). The van der Waals surface area contributed by atoms with Crippen LogP contribution in [0.25, 0.3) is 0 Å². The van der Waals surface area contributed by atoms with Gasteiger partial charge in [0.15, 0.2) is 0 Å². The third-order valence-corrected chi connectivity index (χ3v) is 5.30. The number of amides is 3. The Morgan fingerprint density at radius 3 is 2.58 bits per heavy atom. The van der Waals surface area contributed by atoms with Gasteiger partial charge in [-0.1, -0.05) is 13.8 Å². The van der Waals surface area contributed by atoms with E-state index in [1.807, 2.05) is 17.0 Å². The SMILES string of the molecule is CC(C)[C@@H]1CN(C(=O)CSc2ccncc2)C[C@H]1NC(=O)N(C)C. The Balaban J connectivity index is 1.93. The highest BCUT2D eigenvalue weighted by Gasteiger charge is 2.37. The second kappa shape index (κ2) is 8.37. The number of nitrogens with one attached hydrogen (secondary N) is 1. The summed E-state index contributed by atoms with van der Waals surface area (Å²) in [6, 6.07) is 3.71. The summed E-state index contributed by atoms with van der Waals surface area (Å²) >= 11 is 1.52. The van der Waals surface area contributed by atoms with E-state index in [4.69, 9.17) is 0 Å². The van der Waals surface area contributed by atoms with Gasteiger partial charge in [0.1, 0.15) is 0 Å². The number of hydrogen-bond acceptors (Lipinski definition) is 4. The van der Waals surface area contributed by atoms with Gasteiger partial charge in [0, 0.05) is 50.4 Å². The van der Waals surface area contributed by atoms with Crippen molar-refractivity contribution in [3.05, 3.63) is 24.5 Å². The fourth-order valence-electron chi connectivity index (χ4n) is 2.82. The summed E-state index contributed by atoms with van der Waals surface area (Å²) in [5.74, 6) is 1.21. The minimum atomic E-state index is -0.105. The highest BCUT2D eigenvalue weighted by Crippen LogP contribution is 2.26. The second-order valence-electron chi connectivity index (χ2n) is 6.63. The first-order valence-electron chi connectivity index (χ1n) is 8.17. The molecular weight excluding hydrogens is 324 g/mol. The molecule has 1 aromatic rings. The lowest BCUT2D eigenvalue weighted by Gasteiger charge is -2.24. The molecule has 1 aliphatic rings. The first-order valence-corrected chi connectivity index (χ1v) is 9.15. The van der Waals surface area contributed by atoms with Crippen LogP contribution in [0.15, 0.2) is 29.4 Å². The lowest BCUT2D eigenvalue weighted by atomic mass is 9.91. The average Bonchev–Trinajstić information content (AvgIpc) is 2.97. The van der Waals surface area contributed by atoms with Gasteiger partial charge in [0.25, 0.3) is 0 Å². The maximum absolute atomic E-state index is 12.5. The van der Waals surface area contributed by atoms with Crippen LogP contribution in [0.2, 0.25) is 0 Å². The van der Waals surface area contributed by atoms with Gasteiger partial charge in [-0.25, -0.2) is 4.79 Å². The first kappa shape index (κ1) is 18.6. The monoisotopic (exact) mass is 350 g/mol. The number of aromatic nitrogens is 1. The van der Waals surface area contributed by atoms with Crippen LogP contribution < -0.4 is 5.32 Å². The second-order valence-corrected chi connectivity index (χ2v) is 7.68. The minimum Gasteiger partial charge on any atom is -0.340 e. The molecule has 132 valence electrons. The molecule has 1 N–H and O–H groups in total. The number of likely N-dealkylation sites (tertiary alicyclic amines) is 1. The van der Waals surface area contributed by atoms with Gasteiger partial charge in [-0.05, 0) is 18.1 Å². The number of rotatable bonds is 5. The molecule has 0 radical (unpaired) electrons. The van der Waals surface area contributed by atoms with Crippen molar-refractivity contribution in [2.24, 2.45) is 11.8 Å². The molecule has 0 saturated carbocycles. The zero-order valence-electron chi connectivity index (χ0n) is 14.7. The van der Waals surface area contributed by atoms with E-state index in [9.17, 15) is 9.59 Å². The molecule has 0 unspecified atom stereocenters. The standard InChI is InChI=1S/C17H26N4O2S/c1-12(2)14-9-21(10-15(14)19-17(23)20(3)4)16(22)11-24-13-5-7-18-8-6-13/h5-8,12,14-15H,9-11H2,1-4H3,(H,19,23)/t14-,15+/m0/s1. The Labute approximate surface area is 148 Å². The zero-order valence-corrected chi connectivity index (χ0v) is 15.5. The molecule has 2 atom stereocenters. The Morgan fingerprint density at radius 1 is 1.33 bits per heavy atom. The van der Waals surface area contributed by atoms with E-state index in [1.54, 1.807) is 26.5 Å². The van der Waals surface area contributed by atoms with Crippen molar-refractivity contribution < 1.29 is 9.59 Å². The predicted molar refractivity (Wildman–Crippen MR) is 95.9 cm³/mol. The van der Waals surface area contributed by atoms with Crippen molar-refractivity contribution in [3.8, 4) is 0 Å². The van der Waals surface area contributed by atoms with Crippen molar-refractivity contribution in [2.75, 3.05) is 32.9 Å². The molecular formula is C17H26N4O2S. The summed E-state index contributed by atoms with van der Waals surface area (Å²) in [6.07, 6.45) is 3.45. The van der Waals surface area contributed by atoms with Crippen molar-refractivity contribution in [2.45, 2.75) is 24.8 Å². The van der Waals surface area contributed by atoms with Crippen molar-refractivity contribution in [1.82, 2.24) is 20.1 Å². The van der Waals surface area contributed by atoms with Crippen LogP contribution in [0, 0.1) is 11.8 Å². The lowest BCUT2D eigenvalue weighted by Crippen LogP contribution is -2.46. The molecule has 0 aliphatic carbocycles. The maximum atomic E-state index is 12.5. The molecule has 0 spiro atoms. The number of carbonyl (C=O) groups is 2. The molecule has 0 bridgehead atoms. The zero-order chi connectivity index (χ0) is 17.7. The van der Waals surface area contributed by atoms with E-state index < -0.39 is 0 Å². The number of thioether (sulfide) groups is 1. The Bertz CT molecular complexity index is 565. The van der Waals surface area contributed by atoms with Crippen LogP contribution in [-0.4, -0.2) is 65.7 Å². The highest BCUT2D eigenvalue weighted by atomic mass is 32.2. The smallest absolute Gasteiger partial charge is 0.317 e. The van der Waals surface area contributed by atoms with Gasteiger partial charge in [0.05, 0.1) is 11.8 Å². The van der Waals surface area contributed by atoms with Crippen molar-refractivity contribution in [3.63, 3.8) is 0 Å². The van der Waals surface area contributed by atoms with Gasteiger partial charge in [-0.15, -0.1) is 11.8 Å². The van der Waals surface area contributed by atoms with Crippen molar-refractivity contribution >= 4 is 23.7 Å². The Kier molecular flexibility index (Phi) is 6.48. The maximum Gasteiger partial charge on any atom is 0.317 e. The van der Waals surface area contributed by atoms with E-state index in [1.165, 1.54) is 16.7 Å². The highest BCUT2D eigenvalue weighted by molar-refractivity contribution is 8.00. The summed E-state index contributed by atoms with van der Waals surface area (Å²) in [5.41, 5.74) is 0. The van der Waals surface area contributed by atoms with Gasteiger partial charge in [-0.2, -0.15) is 0 Å². The fourth-order valence-corrected chi connectivity index (χ4v) is 3.61. The van der Waals surface area contributed by atoms with Crippen LogP contribution in [0.1, 0.15) is 13.8 Å². The first-order chi connectivity index (χ1) is 11.4. The topological polar surface area (TPSA) is 65.5 Å². The normalized spacial score (nSPS) is 20.3. The molecule has 0 aromatic carbocycles. The lowest BCUT2D eigenvalue weighted by molar-refractivity contribution is -0.127. The van der Waals surface area contributed by atoms with E-state index >= 15 is 0 Å². The Hall–Kier alpha value is -1.76. The third-order valence-electron chi connectivity index (χ3n) is 4.30. The van der Waals surface area contributed by atoms with E-state index in [-0.39, 0.29) is 23.9 Å². The minimum absolute atomic E-state index is 0.00905. The van der Waals surface area contributed by atoms with Gasteiger partial charge < -0.3 is 15.1 Å². The summed E-state index contributed by atoms with van der Waals surface area (Å²) in [6.45, 7) is 5.56. The van der Waals surface area contributed by atoms with Gasteiger partial charge in [-0.3, -0.25) is 9.78 Å². The predicted octanol–water partition coefficient (Wildman–Crippen LogP) is 1.93. The average molecular weight is 350 g/mol. The molecule has 3 amide bonds. The Morgan fingerprint density at radius 2 is 2.00 bits per heavy atom. The number of urea groups is 1. The third kappa shape index (κ3) is 4.87. The van der Waals surface area contributed by atoms with E-state index in [2.05, 4.69) is 24.1 Å². The van der Waals surface area contributed by atoms with E-state index in [0.717, 1.165) is 4.90 Å².